The summed E-state index contributed by atoms with van der Waals surface area (Å²) in [6.45, 7) is 0.983. The molecule has 0 aromatic heterocycles. The first-order valence-corrected chi connectivity index (χ1v) is 11.4. The van der Waals surface area contributed by atoms with Gasteiger partial charge in [0.05, 0.1) is 22.7 Å². The number of hydrogen-bond donors (Lipinski definition) is 0. The van der Waals surface area contributed by atoms with E-state index in [1.54, 1.807) is 4.90 Å². The zero-order valence-electron chi connectivity index (χ0n) is 17.5. The molecule has 1 fully saturated rings. The largest absolute Gasteiger partial charge is 0.491 e. The van der Waals surface area contributed by atoms with E-state index < -0.39 is 23.4 Å². The monoisotopic (exact) mass is 512 g/mol. The third-order valence-corrected chi connectivity index (χ3v) is 5.90. The number of ketones is 1. The summed E-state index contributed by atoms with van der Waals surface area (Å²) >= 11 is 18.0. The molecule has 0 radical (unpaired) electrons. The normalized spacial score (nSPS) is 14.3. The summed E-state index contributed by atoms with van der Waals surface area (Å²) in [5.41, 5.74) is 0. The molecule has 3 rings (SSSR count). The first-order valence-electron chi connectivity index (χ1n) is 10.3. The minimum atomic E-state index is -1.36. The molecule has 1 aliphatic rings. The van der Waals surface area contributed by atoms with E-state index in [9.17, 15) is 19.2 Å². The molecule has 174 valence electrons. The average Bonchev–Trinajstić information content (AvgIpc) is 2.79. The van der Waals surface area contributed by atoms with Crippen molar-refractivity contribution < 1.29 is 23.5 Å². The predicted octanol–water partition coefficient (Wildman–Crippen LogP) is 6.07. The summed E-state index contributed by atoms with van der Waals surface area (Å²) in [5.74, 6) is -2.90. The number of benzene rings is 2. The molecule has 0 aliphatic carbocycles. The number of likely N-dealkylation sites (tertiary alicyclic amines) is 1. The van der Waals surface area contributed by atoms with Crippen molar-refractivity contribution >= 4 is 46.5 Å². The van der Waals surface area contributed by atoms with E-state index in [0.29, 0.717) is 13.1 Å². The Morgan fingerprint density at radius 2 is 1.73 bits per heavy atom. The van der Waals surface area contributed by atoms with Gasteiger partial charge in [0.2, 0.25) is 5.91 Å². The summed E-state index contributed by atoms with van der Waals surface area (Å²) in [5, 5.41) is 9.84. The zero-order chi connectivity index (χ0) is 24.0. The molecule has 2 aromatic carbocycles. The van der Waals surface area contributed by atoms with Crippen LogP contribution in [0.2, 0.25) is 15.1 Å². The van der Waals surface area contributed by atoms with Gasteiger partial charge >= 0.3 is 0 Å². The topological polar surface area (TPSA) is 79.6 Å². The van der Waals surface area contributed by atoms with Gasteiger partial charge in [-0.1, -0.05) is 34.8 Å². The van der Waals surface area contributed by atoms with Crippen LogP contribution in [-0.2, 0) is 9.59 Å². The van der Waals surface area contributed by atoms with Gasteiger partial charge in [-0.2, -0.15) is 5.26 Å². The lowest BCUT2D eigenvalue weighted by Crippen LogP contribution is -2.42. The molecular formula is C23H20Cl3FN2O4. The number of nitrogens with zero attached hydrogens (tertiary/aromatic N) is 2. The maximum Gasteiger partial charge on any atom is 0.247 e. The lowest BCUT2D eigenvalue weighted by Gasteiger charge is -2.28. The molecule has 1 heterocycles. The smallest absolute Gasteiger partial charge is 0.247 e. The molecule has 0 N–H and O–H groups in total. The molecule has 10 heteroatoms. The Kier molecular flexibility index (Phi) is 8.79. The van der Waals surface area contributed by atoms with E-state index in [0.717, 1.165) is 25.3 Å². The van der Waals surface area contributed by atoms with Gasteiger partial charge in [0.1, 0.15) is 11.5 Å². The zero-order valence-corrected chi connectivity index (χ0v) is 19.7. The second-order valence-corrected chi connectivity index (χ2v) is 8.65. The molecule has 0 saturated carbocycles. The fourth-order valence-electron chi connectivity index (χ4n) is 3.34. The van der Waals surface area contributed by atoms with Crippen LogP contribution in [0.1, 0.15) is 25.7 Å². The van der Waals surface area contributed by atoms with Crippen molar-refractivity contribution in [2.45, 2.75) is 25.7 Å². The van der Waals surface area contributed by atoms with E-state index in [1.165, 1.54) is 24.3 Å². The minimum Gasteiger partial charge on any atom is -0.491 e. The minimum absolute atomic E-state index is 0.0822. The molecule has 33 heavy (non-hydrogen) atoms. The van der Waals surface area contributed by atoms with Crippen LogP contribution in [0.3, 0.4) is 0 Å². The molecule has 0 spiro atoms. The van der Waals surface area contributed by atoms with Gasteiger partial charge in [-0.3, -0.25) is 9.59 Å². The second kappa shape index (κ2) is 11.6. The number of carbonyl (C=O) groups excluding carboxylic acids is 2. The molecular weight excluding hydrogens is 494 g/mol. The van der Waals surface area contributed by atoms with E-state index >= 15 is 0 Å². The molecule has 0 bridgehead atoms. The Morgan fingerprint density at radius 1 is 1.03 bits per heavy atom. The van der Waals surface area contributed by atoms with Crippen molar-refractivity contribution in [2.75, 3.05) is 19.7 Å². The average molecular weight is 514 g/mol. The van der Waals surface area contributed by atoms with Gasteiger partial charge in [-0.15, -0.1) is 0 Å². The Balaban J connectivity index is 1.63. The van der Waals surface area contributed by atoms with Crippen LogP contribution in [0.15, 0.2) is 30.3 Å². The molecule has 1 unspecified atom stereocenters. The van der Waals surface area contributed by atoms with Crippen LogP contribution >= 0.6 is 34.8 Å². The third-order valence-electron chi connectivity index (χ3n) is 5.07. The highest BCUT2D eigenvalue weighted by atomic mass is 35.5. The molecule has 1 atom stereocenters. The number of piperidine rings is 1. The molecule has 2 aromatic rings. The van der Waals surface area contributed by atoms with E-state index in [2.05, 4.69) is 0 Å². The summed E-state index contributed by atoms with van der Waals surface area (Å²) < 4.78 is 25.1. The van der Waals surface area contributed by atoms with E-state index in [4.69, 9.17) is 44.3 Å². The second-order valence-electron chi connectivity index (χ2n) is 7.40. The van der Waals surface area contributed by atoms with Crippen molar-refractivity contribution in [3.63, 3.8) is 0 Å². The van der Waals surface area contributed by atoms with E-state index in [1.807, 2.05) is 6.07 Å². The van der Waals surface area contributed by atoms with Gasteiger partial charge in [0, 0.05) is 30.6 Å². The summed E-state index contributed by atoms with van der Waals surface area (Å²) in [6, 6.07) is 8.44. The third kappa shape index (κ3) is 6.50. The summed E-state index contributed by atoms with van der Waals surface area (Å²) in [4.78, 5) is 26.6. The molecule has 1 saturated heterocycles. The van der Waals surface area contributed by atoms with Crippen molar-refractivity contribution in [2.24, 2.45) is 5.92 Å². The number of hydrogen-bond acceptors (Lipinski definition) is 5. The van der Waals surface area contributed by atoms with Crippen LogP contribution in [0.4, 0.5) is 4.39 Å². The van der Waals surface area contributed by atoms with Gasteiger partial charge in [-0.05, 0) is 43.5 Å². The van der Waals surface area contributed by atoms with Crippen LogP contribution < -0.4 is 9.47 Å². The number of ether oxygens (including phenoxy) is 2. The van der Waals surface area contributed by atoms with Gasteiger partial charge in [-0.25, -0.2) is 4.39 Å². The van der Waals surface area contributed by atoms with Crippen LogP contribution in [0.5, 0.6) is 17.2 Å². The quantitative estimate of drug-likeness (QED) is 0.400. The van der Waals surface area contributed by atoms with Crippen LogP contribution in [-0.4, -0.2) is 36.3 Å². The molecule has 1 amide bonds. The predicted molar refractivity (Wildman–Crippen MR) is 123 cm³/mol. The SMILES string of the molecule is N#CC(C(=O)CCOc1cc(Oc2ccc(Cl)cc2F)c(Cl)cc1Cl)C(=O)N1CCCCC1. The Bertz CT molecular complexity index is 1080. The maximum atomic E-state index is 14.0. The lowest BCUT2D eigenvalue weighted by atomic mass is 10.00. The number of amides is 1. The molecule has 6 nitrogen and oxygen atoms in total. The fraction of sp³-hybridized carbons (Fsp3) is 0.348. The van der Waals surface area contributed by atoms with Crippen molar-refractivity contribution in [1.29, 1.82) is 5.26 Å². The number of rotatable bonds is 8. The highest BCUT2D eigenvalue weighted by molar-refractivity contribution is 6.36. The first kappa shape index (κ1) is 25.1. The highest BCUT2D eigenvalue weighted by Crippen LogP contribution is 2.39. The van der Waals surface area contributed by atoms with Crippen LogP contribution in [0.25, 0.3) is 0 Å². The lowest BCUT2D eigenvalue weighted by molar-refractivity contribution is -0.139. The Hall–Kier alpha value is -2.53. The maximum absolute atomic E-state index is 14.0. The van der Waals surface area contributed by atoms with Crippen LogP contribution in [0, 0.1) is 23.1 Å². The summed E-state index contributed by atoms with van der Waals surface area (Å²) in [6.07, 6.45) is 2.58. The van der Waals surface area contributed by atoms with Crippen molar-refractivity contribution in [3.05, 3.63) is 51.2 Å². The number of carbonyl (C=O) groups is 2. The molecule has 1 aliphatic heterocycles. The Morgan fingerprint density at radius 3 is 2.39 bits per heavy atom. The summed E-state index contributed by atoms with van der Waals surface area (Å²) in [7, 11) is 0. The first-order chi connectivity index (χ1) is 15.8. The number of halogens is 4. The Labute approximate surface area is 205 Å². The standard InChI is InChI=1S/C23H20Cl3FN2O4/c24-14-4-5-20(18(27)10-14)33-22-12-21(16(25)11-17(22)26)32-9-6-19(30)15(13-28)23(31)29-7-2-1-3-8-29/h4-5,10-12,15H,1-3,6-9H2. The van der Waals surface area contributed by atoms with Gasteiger partial charge < -0.3 is 14.4 Å². The van der Waals surface area contributed by atoms with Gasteiger partial charge in [0.25, 0.3) is 0 Å². The van der Waals surface area contributed by atoms with E-state index in [-0.39, 0.29) is 45.3 Å². The number of nitriles is 1. The van der Waals surface area contributed by atoms with Crippen molar-refractivity contribution in [1.82, 2.24) is 4.90 Å². The van der Waals surface area contributed by atoms with Gasteiger partial charge in [0.15, 0.2) is 23.3 Å². The fourth-order valence-corrected chi connectivity index (χ4v) is 3.98. The number of Topliss-reactive ketones (excluding diaryl/α,β-unsaturated/α-hetero) is 1. The van der Waals surface area contributed by atoms with Crippen molar-refractivity contribution in [3.8, 4) is 23.3 Å². The highest BCUT2D eigenvalue weighted by Gasteiger charge is 2.31.